The van der Waals surface area contributed by atoms with Crippen molar-refractivity contribution >= 4 is 22.8 Å². The topological polar surface area (TPSA) is 37.4 Å². The molecule has 1 heterocycles. The van der Waals surface area contributed by atoms with Crippen molar-refractivity contribution in [2.24, 2.45) is 34.5 Å². The van der Waals surface area contributed by atoms with E-state index in [2.05, 4.69) is 39.5 Å². The van der Waals surface area contributed by atoms with Gasteiger partial charge in [0, 0.05) is 30.2 Å². The molecule has 0 radical (unpaired) electrons. The highest BCUT2D eigenvalue weighted by molar-refractivity contribution is 8.14. The zero-order valence-electron chi connectivity index (χ0n) is 18.7. The first-order chi connectivity index (χ1) is 13.0. The molecule has 1 saturated heterocycles. The lowest BCUT2D eigenvalue weighted by Crippen LogP contribution is -2.61. The second-order valence-corrected chi connectivity index (χ2v) is 13.5. The summed E-state index contributed by atoms with van der Waals surface area (Å²) in [5.74, 6) is 2.75. The Hall–Kier alpha value is -0.510. The van der Waals surface area contributed by atoms with Gasteiger partial charge in [0.1, 0.15) is 0 Å². The lowest BCUT2D eigenvalue weighted by molar-refractivity contribution is -0.158. The Balaban J connectivity index is 1.57. The van der Waals surface area contributed by atoms with E-state index in [1.807, 2.05) is 7.05 Å². The van der Waals surface area contributed by atoms with Crippen LogP contribution in [0.15, 0.2) is 0 Å². The number of piperidine rings is 1. The molecule has 1 amide bonds. The molecule has 4 rings (SSSR count). The van der Waals surface area contributed by atoms with Gasteiger partial charge in [-0.25, -0.2) is 0 Å². The monoisotopic (exact) mass is 405 g/mol. The summed E-state index contributed by atoms with van der Waals surface area (Å²) >= 11 is 1.57. The van der Waals surface area contributed by atoms with Crippen molar-refractivity contribution in [3.63, 3.8) is 0 Å². The summed E-state index contributed by atoms with van der Waals surface area (Å²) in [7, 11) is 2.03. The van der Waals surface area contributed by atoms with E-state index in [1.54, 1.807) is 11.8 Å². The van der Waals surface area contributed by atoms with Crippen LogP contribution in [0.5, 0.6) is 0 Å². The van der Waals surface area contributed by atoms with E-state index >= 15 is 0 Å². The predicted octanol–water partition coefficient (Wildman–Crippen LogP) is 5.52. The molecule has 0 aromatic carbocycles. The van der Waals surface area contributed by atoms with Gasteiger partial charge in [0.15, 0.2) is 5.12 Å². The number of fused-ring (bicyclic) bond motifs is 5. The summed E-state index contributed by atoms with van der Waals surface area (Å²) in [5.41, 5.74) is 0.464. The fourth-order valence-electron chi connectivity index (χ4n) is 7.91. The second kappa shape index (κ2) is 6.75. The number of amides is 1. The van der Waals surface area contributed by atoms with Gasteiger partial charge in [0.25, 0.3) is 0 Å². The quantitative estimate of drug-likeness (QED) is 0.576. The normalized spacial score (nSPS) is 46.0. The van der Waals surface area contributed by atoms with E-state index in [4.69, 9.17) is 0 Å². The summed E-state index contributed by atoms with van der Waals surface area (Å²) in [4.78, 5) is 27.6. The second-order valence-electron chi connectivity index (χ2n) is 11.7. The van der Waals surface area contributed by atoms with Crippen LogP contribution in [0.2, 0.25) is 0 Å². The largest absolute Gasteiger partial charge is 0.342 e. The summed E-state index contributed by atoms with van der Waals surface area (Å²) in [6, 6.07) is 0.426. The molecule has 4 aliphatic rings. The van der Waals surface area contributed by atoms with Crippen molar-refractivity contribution in [2.75, 3.05) is 7.05 Å². The number of carbonyl (C=O) groups excluding carboxylic acids is 2. The van der Waals surface area contributed by atoms with Crippen molar-refractivity contribution in [1.29, 1.82) is 0 Å². The van der Waals surface area contributed by atoms with E-state index < -0.39 is 0 Å². The third-order valence-corrected chi connectivity index (χ3v) is 10.3. The number of hydrogen-bond acceptors (Lipinski definition) is 3. The molecule has 4 fully saturated rings. The zero-order valence-corrected chi connectivity index (χ0v) is 19.5. The Kier molecular flexibility index (Phi) is 5.00. The van der Waals surface area contributed by atoms with Crippen LogP contribution in [-0.2, 0) is 9.59 Å². The minimum atomic E-state index is 0.00743. The molecule has 0 aromatic rings. The van der Waals surface area contributed by atoms with Gasteiger partial charge in [-0.15, -0.1) is 0 Å². The lowest BCUT2D eigenvalue weighted by Gasteiger charge is -2.61. The Morgan fingerprint density at radius 2 is 1.68 bits per heavy atom. The minimum Gasteiger partial charge on any atom is -0.342 e. The molecule has 1 aliphatic heterocycles. The highest BCUT2D eigenvalue weighted by Gasteiger charge is 2.62. The Labute approximate surface area is 175 Å². The zero-order chi connectivity index (χ0) is 20.5. The van der Waals surface area contributed by atoms with Crippen LogP contribution in [0, 0.1) is 34.5 Å². The van der Waals surface area contributed by atoms with Crippen molar-refractivity contribution in [1.82, 2.24) is 4.90 Å². The number of likely N-dealkylation sites (tertiary alicyclic amines) is 1. The van der Waals surface area contributed by atoms with Crippen molar-refractivity contribution < 1.29 is 9.59 Å². The highest BCUT2D eigenvalue weighted by Crippen LogP contribution is 2.66. The minimum absolute atomic E-state index is 0.00743. The summed E-state index contributed by atoms with van der Waals surface area (Å²) in [5, 5.41) is 0.443. The Bertz CT molecular complexity index is 670. The van der Waals surface area contributed by atoms with E-state index in [0.29, 0.717) is 23.0 Å². The number of hydrogen-bond donors (Lipinski definition) is 0. The summed E-state index contributed by atoms with van der Waals surface area (Å²) < 4.78 is 0.00743. The van der Waals surface area contributed by atoms with E-state index in [9.17, 15) is 9.59 Å². The average Bonchev–Trinajstić information content (AvgIpc) is 2.94. The average molecular weight is 406 g/mol. The SMILES string of the molecule is CN1C(=O)CC[C@@]2(C)C1CC[C@H]1[C@@H]3CC[C@H](C(=O)SC(C)(C)C)[C@@]3(C)CC[C@@H]12. The van der Waals surface area contributed by atoms with Gasteiger partial charge in [0.2, 0.25) is 5.91 Å². The molecular weight excluding hydrogens is 366 g/mol. The standard InChI is InChI=1S/C24H39NO2S/c1-22(2,3)28-21(27)18-9-8-16-15-7-10-19-24(5,14-12-20(26)25(19)6)17(15)11-13-23(16,18)4/h15-19H,7-14H2,1-6H3/t15-,16-,17-,18+,19?,23-,24+/m0/s1. The lowest BCUT2D eigenvalue weighted by atomic mass is 9.47. The molecule has 1 unspecified atom stereocenters. The van der Waals surface area contributed by atoms with Crippen LogP contribution >= 0.6 is 11.8 Å². The molecule has 0 spiro atoms. The van der Waals surface area contributed by atoms with E-state index in [-0.39, 0.29) is 21.5 Å². The molecule has 0 bridgehead atoms. The molecule has 0 N–H and O–H groups in total. The maximum atomic E-state index is 13.2. The maximum absolute atomic E-state index is 13.2. The smallest absolute Gasteiger partial charge is 0.222 e. The van der Waals surface area contributed by atoms with Crippen molar-refractivity contribution in [3.05, 3.63) is 0 Å². The van der Waals surface area contributed by atoms with Gasteiger partial charge in [-0.1, -0.05) is 46.4 Å². The van der Waals surface area contributed by atoms with Gasteiger partial charge < -0.3 is 4.90 Å². The van der Waals surface area contributed by atoms with Crippen LogP contribution < -0.4 is 0 Å². The first-order valence-electron chi connectivity index (χ1n) is 11.5. The van der Waals surface area contributed by atoms with Crippen LogP contribution in [0.1, 0.15) is 86.0 Å². The van der Waals surface area contributed by atoms with E-state index in [1.165, 1.54) is 25.7 Å². The maximum Gasteiger partial charge on any atom is 0.222 e. The number of rotatable bonds is 1. The molecule has 4 heteroatoms. The molecule has 0 aromatic heterocycles. The fraction of sp³-hybridized carbons (Fsp3) is 0.917. The van der Waals surface area contributed by atoms with Gasteiger partial charge in [-0.05, 0) is 73.5 Å². The molecule has 3 nitrogen and oxygen atoms in total. The first-order valence-corrected chi connectivity index (χ1v) is 12.3. The third kappa shape index (κ3) is 3.08. The van der Waals surface area contributed by atoms with Crippen LogP contribution in [-0.4, -0.2) is 33.8 Å². The fourth-order valence-corrected chi connectivity index (χ4v) is 9.04. The molecule has 3 saturated carbocycles. The van der Waals surface area contributed by atoms with E-state index in [0.717, 1.165) is 37.5 Å². The molecule has 3 aliphatic carbocycles. The highest BCUT2D eigenvalue weighted by atomic mass is 32.2. The Morgan fingerprint density at radius 1 is 1.00 bits per heavy atom. The van der Waals surface area contributed by atoms with Gasteiger partial charge in [-0.3, -0.25) is 9.59 Å². The Morgan fingerprint density at radius 3 is 2.36 bits per heavy atom. The predicted molar refractivity (Wildman–Crippen MR) is 116 cm³/mol. The molecule has 28 heavy (non-hydrogen) atoms. The number of nitrogens with zero attached hydrogens (tertiary/aromatic N) is 1. The molecular formula is C24H39NO2S. The summed E-state index contributed by atoms with van der Waals surface area (Å²) in [6.45, 7) is 11.4. The van der Waals surface area contributed by atoms with Gasteiger partial charge >= 0.3 is 0 Å². The summed E-state index contributed by atoms with van der Waals surface area (Å²) in [6.07, 6.45) is 8.94. The first kappa shape index (κ1) is 20.8. The molecule has 7 atom stereocenters. The third-order valence-electron chi connectivity index (χ3n) is 9.25. The number of thioether (sulfide) groups is 1. The molecule has 158 valence electrons. The van der Waals surface area contributed by atoms with Gasteiger partial charge in [-0.2, -0.15) is 0 Å². The van der Waals surface area contributed by atoms with Crippen LogP contribution in [0.25, 0.3) is 0 Å². The van der Waals surface area contributed by atoms with Crippen LogP contribution in [0.4, 0.5) is 0 Å². The van der Waals surface area contributed by atoms with Crippen molar-refractivity contribution in [3.8, 4) is 0 Å². The van der Waals surface area contributed by atoms with Gasteiger partial charge in [0.05, 0.1) is 0 Å². The van der Waals surface area contributed by atoms with Crippen LogP contribution in [0.3, 0.4) is 0 Å². The number of carbonyl (C=O) groups is 2. The van der Waals surface area contributed by atoms with Crippen molar-refractivity contribution in [2.45, 2.75) is 96.8 Å².